The smallest absolute Gasteiger partial charge is 0.407 e. The van der Waals surface area contributed by atoms with Gasteiger partial charge in [-0.3, -0.25) is 19.2 Å². The average Bonchev–Trinajstić information content (AvgIpc) is 4.05. The van der Waals surface area contributed by atoms with Crippen LogP contribution in [0.15, 0.2) is 72.8 Å². The number of Topliss-reactive ketones (excluding diaryl/α,β-unsaturated/α-hetero) is 2. The predicted octanol–water partition coefficient (Wildman–Crippen LogP) is 7.66. The third-order valence-electron chi connectivity index (χ3n) is 12.9. The van der Waals surface area contributed by atoms with E-state index < -0.39 is 47.2 Å². The van der Waals surface area contributed by atoms with E-state index >= 15 is 0 Å². The number of ether oxygens (including phenoxy) is 2. The van der Waals surface area contributed by atoms with E-state index in [1.54, 1.807) is 21.9 Å². The van der Waals surface area contributed by atoms with Crippen LogP contribution in [0.3, 0.4) is 0 Å². The minimum Gasteiger partial charge on any atom is -0.453 e. The fraction of sp³-hybridized carbons (Fsp3) is 0.520. The topological polar surface area (TPSA) is 155 Å². The Morgan fingerprint density at radius 1 is 0.625 bits per heavy atom. The number of carbonyl (C=O) groups is 6. The summed E-state index contributed by atoms with van der Waals surface area (Å²) >= 11 is 0. The van der Waals surface area contributed by atoms with Crippen LogP contribution in [0.5, 0.6) is 0 Å². The summed E-state index contributed by atoms with van der Waals surface area (Å²) in [6.07, 6.45) is 2.96. The van der Waals surface area contributed by atoms with Gasteiger partial charge in [0.25, 0.3) is 0 Å². The summed E-state index contributed by atoms with van der Waals surface area (Å²) in [6.45, 7) is 12.0. The molecule has 0 unspecified atom stereocenters. The molecule has 3 fully saturated rings. The molecule has 3 aromatic rings. The first-order valence-corrected chi connectivity index (χ1v) is 22.4. The van der Waals surface area contributed by atoms with E-state index in [0.29, 0.717) is 38.8 Å². The van der Waals surface area contributed by atoms with Gasteiger partial charge in [0.2, 0.25) is 11.8 Å². The quantitative estimate of drug-likeness (QED) is 0.176. The summed E-state index contributed by atoms with van der Waals surface area (Å²) < 4.78 is 24.4. The fourth-order valence-corrected chi connectivity index (χ4v) is 9.53. The molecule has 0 bridgehead atoms. The summed E-state index contributed by atoms with van der Waals surface area (Å²) in [5.74, 6) is -1.06. The lowest BCUT2D eigenvalue weighted by Gasteiger charge is -2.35. The Labute approximate surface area is 376 Å². The molecule has 3 saturated heterocycles. The van der Waals surface area contributed by atoms with Gasteiger partial charge in [0, 0.05) is 31.6 Å². The molecule has 4 amide bonds. The first-order chi connectivity index (χ1) is 30.3. The van der Waals surface area contributed by atoms with Gasteiger partial charge in [-0.1, -0.05) is 96.1 Å². The maximum absolute atomic E-state index is 14.8. The summed E-state index contributed by atoms with van der Waals surface area (Å²) in [4.78, 5) is 84.8. The van der Waals surface area contributed by atoms with Crippen molar-refractivity contribution in [2.24, 2.45) is 10.8 Å². The number of anilines is 1. The Kier molecular flexibility index (Phi) is 14.9. The number of methoxy groups -OCH3 is 2. The summed E-state index contributed by atoms with van der Waals surface area (Å²) in [7, 11) is 2.50. The normalized spacial score (nSPS) is 21.0. The molecule has 6 atom stereocenters. The first-order valence-electron chi connectivity index (χ1n) is 22.4. The van der Waals surface area contributed by atoms with Crippen LogP contribution in [0.2, 0.25) is 0 Å². The molecule has 2 N–H and O–H groups in total. The van der Waals surface area contributed by atoms with Crippen LogP contribution in [-0.2, 0) is 41.5 Å². The lowest BCUT2D eigenvalue weighted by Crippen LogP contribution is -2.56. The number of nitrogens with one attached hydrogen (secondary N) is 2. The van der Waals surface area contributed by atoms with Crippen LogP contribution < -0.4 is 15.5 Å². The lowest BCUT2D eigenvalue weighted by molar-refractivity contribution is -0.141. The van der Waals surface area contributed by atoms with Crippen LogP contribution in [0.25, 0.3) is 0 Å². The molecule has 3 aliphatic rings. The standard InChI is InChI=1S/C50H64FN5O8/c1-49(2,3)43(52-47(61)63-7)45(59)54-26-10-14-39(54)41(57)28-31-16-20-33(21-17-31)37-24-25-38(56(37)36-13-9-12-35(51)30-36)34-22-18-32(19-23-34)29-42(58)40-15-11-27-55(40)46(60)44(50(4,5)6)53-48(62)64-8/h9,12-13,16-23,30,37-40,43-44H,10-11,14-15,24-29H2,1-8H3,(H,52,61)(H,53,62)/t37-,38-,39-,40-,43+,44+/m0/s1. The monoisotopic (exact) mass is 881 g/mol. The third-order valence-corrected chi connectivity index (χ3v) is 12.9. The van der Waals surface area contributed by atoms with Gasteiger partial charge < -0.3 is 34.8 Å². The van der Waals surface area contributed by atoms with Gasteiger partial charge in [-0.05, 0) is 89.8 Å². The molecular weight excluding hydrogens is 818 g/mol. The van der Waals surface area contributed by atoms with Gasteiger partial charge in [-0.25, -0.2) is 14.0 Å². The highest BCUT2D eigenvalue weighted by atomic mass is 19.1. The highest BCUT2D eigenvalue weighted by Gasteiger charge is 2.44. The van der Waals surface area contributed by atoms with Gasteiger partial charge >= 0.3 is 12.2 Å². The van der Waals surface area contributed by atoms with E-state index in [-0.39, 0.29) is 54.1 Å². The highest BCUT2D eigenvalue weighted by molar-refractivity contribution is 5.95. The number of alkyl carbamates (subject to hydrolysis) is 2. The Hall–Kier alpha value is -5.79. The number of halogens is 1. The molecule has 3 heterocycles. The molecule has 0 saturated carbocycles. The molecule has 0 radical (unpaired) electrons. The van der Waals surface area contributed by atoms with Crippen molar-refractivity contribution in [1.29, 1.82) is 0 Å². The summed E-state index contributed by atoms with van der Waals surface area (Å²) in [5, 5.41) is 5.34. The zero-order valence-corrected chi connectivity index (χ0v) is 38.4. The lowest BCUT2D eigenvalue weighted by atomic mass is 9.85. The van der Waals surface area contributed by atoms with E-state index in [2.05, 4.69) is 15.5 Å². The number of amides is 4. The number of hydrogen-bond acceptors (Lipinski definition) is 9. The second-order valence-electron chi connectivity index (χ2n) is 19.5. The van der Waals surface area contributed by atoms with E-state index in [1.165, 1.54) is 20.3 Å². The van der Waals surface area contributed by atoms with Crippen LogP contribution >= 0.6 is 0 Å². The maximum Gasteiger partial charge on any atom is 0.407 e. The van der Waals surface area contributed by atoms with Crippen LogP contribution in [0.4, 0.5) is 19.7 Å². The Balaban J connectivity index is 1.14. The number of ketones is 2. The second kappa shape index (κ2) is 19.9. The van der Waals surface area contributed by atoms with Crippen molar-refractivity contribution in [2.75, 3.05) is 32.2 Å². The number of hydrogen-bond donors (Lipinski definition) is 2. The van der Waals surface area contributed by atoms with E-state index in [4.69, 9.17) is 9.47 Å². The van der Waals surface area contributed by atoms with Crippen molar-refractivity contribution in [1.82, 2.24) is 20.4 Å². The molecule has 6 rings (SSSR count). The van der Waals surface area contributed by atoms with Gasteiger partial charge in [-0.15, -0.1) is 0 Å². The minimum atomic E-state index is -0.857. The fourth-order valence-electron chi connectivity index (χ4n) is 9.53. The largest absolute Gasteiger partial charge is 0.453 e. The molecule has 344 valence electrons. The molecule has 0 aromatic heterocycles. The van der Waals surface area contributed by atoms with Crippen LogP contribution in [0.1, 0.15) is 114 Å². The van der Waals surface area contributed by atoms with Gasteiger partial charge in [0.05, 0.1) is 38.4 Å². The molecule has 64 heavy (non-hydrogen) atoms. The van der Waals surface area contributed by atoms with Crippen LogP contribution in [0, 0.1) is 16.6 Å². The third kappa shape index (κ3) is 10.9. The predicted molar refractivity (Wildman–Crippen MR) is 241 cm³/mol. The highest BCUT2D eigenvalue weighted by Crippen LogP contribution is 2.47. The minimum absolute atomic E-state index is 0.0621. The first kappa shape index (κ1) is 47.7. The van der Waals surface area contributed by atoms with E-state index in [1.807, 2.05) is 96.1 Å². The van der Waals surface area contributed by atoms with Crippen molar-refractivity contribution in [3.05, 3.63) is 101 Å². The molecule has 3 aliphatic heterocycles. The zero-order chi connectivity index (χ0) is 46.5. The number of benzene rings is 3. The molecule has 0 spiro atoms. The zero-order valence-electron chi connectivity index (χ0n) is 38.4. The molecule has 13 nitrogen and oxygen atoms in total. The van der Waals surface area contributed by atoms with Crippen molar-refractivity contribution in [3.8, 4) is 0 Å². The van der Waals surface area contributed by atoms with Crippen molar-refractivity contribution in [2.45, 2.75) is 129 Å². The van der Waals surface area contributed by atoms with Crippen molar-refractivity contribution in [3.63, 3.8) is 0 Å². The van der Waals surface area contributed by atoms with E-state index in [9.17, 15) is 33.2 Å². The Bertz CT molecular complexity index is 2050. The number of likely N-dealkylation sites (tertiary alicyclic amines) is 2. The maximum atomic E-state index is 14.8. The molecular formula is C50H64FN5O8. The van der Waals surface area contributed by atoms with Gasteiger partial charge in [0.15, 0.2) is 11.6 Å². The molecule has 0 aliphatic carbocycles. The number of carbonyl (C=O) groups excluding carboxylic acids is 6. The van der Waals surface area contributed by atoms with Gasteiger partial charge in [0.1, 0.15) is 17.9 Å². The SMILES string of the molecule is COC(=O)N[C@H](C(=O)N1CCC[C@H]1C(=O)Cc1ccc([C@@H]2CC[C@@H](c3ccc(CC(=O)[C@@H]4CCCN4C(=O)[C@@H](NC(=O)OC)C(C)(C)C)cc3)N2c2cccc(F)c2)cc1)C(C)(C)C. The summed E-state index contributed by atoms with van der Waals surface area (Å²) in [6, 6.07) is 19.4. The van der Waals surface area contributed by atoms with Crippen molar-refractivity contribution >= 4 is 41.3 Å². The Morgan fingerprint density at radius 2 is 1.03 bits per heavy atom. The second-order valence-corrected chi connectivity index (χ2v) is 19.5. The molecule has 3 aromatic carbocycles. The Morgan fingerprint density at radius 3 is 1.39 bits per heavy atom. The number of nitrogens with zero attached hydrogens (tertiary/aromatic N) is 3. The molecule has 14 heteroatoms. The van der Waals surface area contributed by atoms with Crippen molar-refractivity contribution < 1.29 is 42.6 Å². The summed E-state index contributed by atoms with van der Waals surface area (Å²) in [5.41, 5.74) is 3.23. The van der Waals surface area contributed by atoms with E-state index in [0.717, 1.165) is 40.8 Å². The average molecular weight is 882 g/mol. The van der Waals surface area contributed by atoms with Gasteiger partial charge in [-0.2, -0.15) is 0 Å². The van der Waals surface area contributed by atoms with Crippen LogP contribution in [-0.4, -0.2) is 96.8 Å². The number of rotatable bonds is 13.